The number of halogens is 1. The van der Waals surface area contributed by atoms with Gasteiger partial charge in [-0.05, 0) is 41.1 Å². The van der Waals surface area contributed by atoms with Crippen molar-refractivity contribution in [3.05, 3.63) is 107 Å². The normalized spacial score (nSPS) is 10.9. The molecular formula is C25H17ClN2O4. The fourth-order valence-electron chi connectivity index (χ4n) is 3.16. The van der Waals surface area contributed by atoms with Crippen molar-refractivity contribution >= 4 is 40.5 Å². The SMILES string of the molecule is O=C(N/N=C/c1c(OC(=O)c2ccccc2Cl)ccc2ccccc12)c1ccccc1O. The number of para-hydroxylation sites is 1. The average Bonchev–Trinajstić information content (AvgIpc) is 2.80. The lowest BCUT2D eigenvalue weighted by atomic mass is 10.0. The number of nitrogens with one attached hydrogen (secondary N) is 1. The molecule has 4 aromatic carbocycles. The number of carbonyl (C=O) groups excluding carboxylic acids is 2. The van der Waals surface area contributed by atoms with Crippen molar-refractivity contribution in [1.29, 1.82) is 0 Å². The average molecular weight is 445 g/mol. The highest BCUT2D eigenvalue weighted by Crippen LogP contribution is 2.28. The van der Waals surface area contributed by atoms with E-state index in [9.17, 15) is 14.7 Å². The van der Waals surface area contributed by atoms with Crippen LogP contribution < -0.4 is 10.2 Å². The van der Waals surface area contributed by atoms with Gasteiger partial charge in [0.05, 0.1) is 22.4 Å². The van der Waals surface area contributed by atoms with Crippen LogP contribution in [-0.2, 0) is 0 Å². The third-order valence-electron chi connectivity index (χ3n) is 4.74. The molecule has 4 rings (SSSR count). The van der Waals surface area contributed by atoms with Gasteiger partial charge in [-0.1, -0.05) is 66.2 Å². The van der Waals surface area contributed by atoms with E-state index in [0.717, 1.165) is 10.8 Å². The number of esters is 1. The van der Waals surface area contributed by atoms with E-state index >= 15 is 0 Å². The van der Waals surface area contributed by atoms with Gasteiger partial charge in [-0.3, -0.25) is 4.79 Å². The van der Waals surface area contributed by atoms with Gasteiger partial charge in [-0.2, -0.15) is 5.10 Å². The maximum Gasteiger partial charge on any atom is 0.345 e. The molecule has 0 fully saturated rings. The van der Waals surface area contributed by atoms with Crippen LogP contribution in [0.1, 0.15) is 26.3 Å². The van der Waals surface area contributed by atoms with E-state index in [-0.39, 0.29) is 27.6 Å². The number of hydrazone groups is 1. The fourth-order valence-corrected chi connectivity index (χ4v) is 3.37. The van der Waals surface area contributed by atoms with Crippen molar-refractivity contribution in [2.45, 2.75) is 0 Å². The summed E-state index contributed by atoms with van der Waals surface area (Å²) >= 11 is 6.11. The number of carbonyl (C=O) groups is 2. The number of ether oxygens (including phenoxy) is 1. The summed E-state index contributed by atoms with van der Waals surface area (Å²) in [7, 11) is 0. The van der Waals surface area contributed by atoms with Crippen LogP contribution in [0, 0.1) is 0 Å². The third-order valence-corrected chi connectivity index (χ3v) is 5.07. The van der Waals surface area contributed by atoms with Crippen molar-refractivity contribution in [1.82, 2.24) is 5.43 Å². The molecule has 1 amide bonds. The molecule has 0 radical (unpaired) electrons. The Bertz CT molecular complexity index is 1350. The zero-order chi connectivity index (χ0) is 22.5. The molecule has 0 heterocycles. The molecule has 0 aliphatic heterocycles. The molecule has 158 valence electrons. The summed E-state index contributed by atoms with van der Waals surface area (Å²) < 4.78 is 5.61. The Labute approximate surface area is 188 Å². The monoisotopic (exact) mass is 444 g/mol. The Balaban J connectivity index is 1.65. The van der Waals surface area contributed by atoms with Gasteiger partial charge >= 0.3 is 5.97 Å². The van der Waals surface area contributed by atoms with Gasteiger partial charge in [-0.15, -0.1) is 0 Å². The maximum atomic E-state index is 12.7. The zero-order valence-electron chi connectivity index (χ0n) is 16.7. The standard InChI is InChI=1S/C25H17ClN2O4/c26-21-11-5-3-9-18(21)25(31)32-23-14-13-16-7-1-2-8-17(16)20(23)15-27-28-24(30)19-10-4-6-12-22(19)29/h1-15,29H,(H,28,30)/b27-15+. The van der Waals surface area contributed by atoms with Crippen molar-refractivity contribution in [3.8, 4) is 11.5 Å². The van der Waals surface area contributed by atoms with E-state index in [1.165, 1.54) is 18.3 Å². The Hall–Kier alpha value is -4.16. The molecule has 0 atom stereocenters. The van der Waals surface area contributed by atoms with Crippen molar-refractivity contribution < 1.29 is 19.4 Å². The number of fused-ring (bicyclic) bond motifs is 1. The number of hydrogen-bond donors (Lipinski definition) is 2. The van der Waals surface area contributed by atoms with E-state index < -0.39 is 11.9 Å². The maximum absolute atomic E-state index is 12.7. The largest absolute Gasteiger partial charge is 0.507 e. The number of benzene rings is 4. The van der Waals surface area contributed by atoms with Crippen LogP contribution in [0.25, 0.3) is 10.8 Å². The third kappa shape index (κ3) is 4.45. The van der Waals surface area contributed by atoms with E-state index in [2.05, 4.69) is 10.5 Å². The lowest BCUT2D eigenvalue weighted by Crippen LogP contribution is -2.18. The lowest BCUT2D eigenvalue weighted by molar-refractivity contribution is 0.0734. The number of phenolic OH excluding ortho intramolecular Hbond substituents is 1. The minimum absolute atomic E-state index is 0.0907. The molecule has 0 saturated carbocycles. The van der Waals surface area contributed by atoms with E-state index in [4.69, 9.17) is 16.3 Å². The topological polar surface area (TPSA) is 88.0 Å². The molecule has 4 aromatic rings. The van der Waals surface area contributed by atoms with E-state index in [1.807, 2.05) is 30.3 Å². The molecule has 0 saturated heterocycles. The predicted octanol–water partition coefficient (Wildman–Crippen LogP) is 5.18. The lowest BCUT2D eigenvalue weighted by Gasteiger charge is -2.11. The first-order valence-corrected chi connectivity index (χ1v) is 10.0. The van der Waals surface area contributed by atoms with Gasteiger partial charge in [0.1, 0.15) is 11.5 Å². The van der Waals surface area contributed by atoms with Crippen LogP contribution >= 0.6 is 11.6 Å². The summed E-state index contributed by atoms with van der Waals surface area (Å²) in [6, 6.07) is 23.7. The molecule has 0 aliphatic carbocycles. The van der Waals surface area contributed by atoms with Crippen LogP contribution in [0.2, 0.25) is 5.02 Å². The van der Waals surface area contributed by atoms with Gasteiger partial charge in [0.25, 0.3) is 5.91 Å². The van der Waals surface area contributed by atoms with Gasteiger partial charge < -0.3 is 9.84 Å². The van der Waals surface area contributed by atoms with Crippen molar-refractivity contribution in [2.75, 3.05) is 0 Å². The minimum Gasteiger partial charge on any atom is -0.507 e. The van der Waals surface area contributed by atoms with E-state index in [0.29, 0.717) is 5.56 Å². The molecular weight excluding hydrogens is 428 g/mol. The molecule has 0 aromatic heterocycles. The molecule has 0 aliphatic rings. The number of aromatic hydroxyl groups is 1. The Kier molecular flexibility index (Phi) is 6.14. The van der Waals surface area contributed by atoms with Gasteiger partial charge in [0.2, 0.25) is 0 Å². The Morgan fingerprint density at radius 2 is 1.56 bits per heavy atom. The summed E-state index contributed by atoms with van der Waals surface area (Å²) in [6.45, 7) is 0. The van der Waals surface area contributed by atoms with Gasteiger partial charge in [0, 0.05) is 5.56 Å². The van der Waals surface area contributed by atoms with Gasteiger partial charge in [-0.25, -0.2) is 10.2 Å². The minimum atomic E-state index is -0.612. The first kappa shape index (κ1) is 21.1. The van der Waals surface area contributed by atoms with Crippen molar-refractivity contribution in [2.24, 2.45) is 5.10 Å². The summed E-state index contributed by atoms with van der Waals surface area (Å²) in [5.74, 6) is -1.08. The molecule has 6 nitrogen and oxygen atoms in total. The Morgan fingerprint density at radius 3 is 2.34 bits per heavy atom. The first-order chi connectivity index (χ1) is 15.5. The Morgan fingerprint density at radius 1 is 0.875 bits per heavy atom. The number of amides is 1. The van der Waals surface area contributed by atoms with Crippen LogP contribution in [0.5, 0.6) is 11.5 Å². The second-order valence-corrected chi connectivity index (χ2v) is 7.19. The molecule has 7 heteroatoms. The highest BCUT2D eigenvalue weighted by atomic mass is 35.5. The second kappa shape index (κ2) is 9.32. The molecule has 32 heavy (non-hydrogen) atoms. The number of phenols is 1. The summed E-state index contributed by atoms with van der Waals surface area (Å²) in [4.78, 5) is 25.0. The number of rotatable bonds is 5. The summed E-state index contributed by atoms with van der Waals surface area (Å²) in [5, 5.41) is 15.8. The summed E-state index contributed by atoms with van der Waals surface area (Å²) in [5.41, 5.74) is 3.21. The molecule has 0 spiro atoms. The van der Waals surface area contributed by atoms with Crippen molar-refractivity contribution in [3.63, 3.8) is 0 Å². The number of hydrogen-bond acceptors (Lipinski definition) is 5. The first-order valence-electron chi connectivity index (χ1n) is 9.64. The zero-order valence-corrected chi connectivity index (χ0v) is 17.4. The van der Waals surface area contributed by atoms with Gasteiger partial charge in [0.15, 0.2) is 0 Å². The van der Waals surface area contributed by atoms with Crippen LogP contribution in [-0.4, -0.2) is 23.2 Å². The highest BCUT2D eigenvalue weighted by molar-refractivity contribution is 6.33. The number of nitrogens with zero attached hydrogens (tertiary/aromatic N) is 1. The highest BCUT2D eigenvalue weighted by Gasteiger charge is 2.16. The smallest absolute Gasteiger partial charge is 0.345 e. The molecule has 0 unspecified atom stereocenters. The molecule has 0 bridgehead atoms. The molecule has 2 N–H and O–H groups in total. The second-order valence-electron chi connectivity index (χ2n) is 6.78. The van der Waals surface area contributed by atoms with Crippen LogP contribution in [0.3, 0.4) is 0 Å². The summed E-state index contributed by atoms with van der Waals surface area (Å²) in [6.07, 6.45) is 1.40. The van der Waals surface area contributed by atoms with E-state index in [1.54, 1.807) is 42.5 Å². The van der Waals surface area contributed by atoms with Crippen LogP contribution in [0.4, 0.5) is 0 Å². The fraction of sp³-hybridized carbons (Fsp3) is 0. The quantitative estimate of drug-likeness (QED) is 0.192. The van der Waals surface area contributed by atoms with Crippen LogP contribution in [0.15, 0.2) is 90.0 Å². The predicted molar refractivity (Wildman–Crippen MR) is 124 cm³/mol.